The summed E-state index contributed by atoms with van der Waals surface area (Å²) in [5.41, 5.74) is 2.87. The van der Waals surface area contributed by atoms with Crippen LogP contribution < -0.4 is 4.80 Å². The maximum atomic E-state index is 12.9. The molecule has 0 aliphatic rings. The molecule has 0 fully saturated rings. The van der Waals surface area contributed by atoms with E-state index in [0.717, 1.165) is 27.6 Å². The molecule has 0 saturated heterocycles. The van der Waals surface area contributed by atoms with Crippen molar-refractivity contribution in [2.24, 2.45) is 4.99 Å². The lowest BCUT2D eigenvalue weighted by Crippen LogP contribution is -2.23. The summed E-state index contributed by atoms with van der Waals surface area (Å²) in [6, 6.07) is 9.86. The molecule has 7 nitrogen and oxygen atoms in total. The van der Waals surface area contributed by atoms with Gasteiger partial charge in [-0.2, -0.15) is 4.99 Å². The van der Waals surface area contributed by atoms with Crippen LogP contribution in [0.4, 0.5) is 0 Å². The van der Waals surface area contributed by atoms with Crippen molar-refractivity contribution in [2.75, 3.05) is 12.9 Å². The minimum atomic E-state index is -3.60. The topological polar surface area (TPSA) is 94.8 Å². The van der Waals surface area contributed by atoms with Crippen LogP contribution in [0.25, 0.3) is 10.2 Å². The second-order valence-electron chi connectivity index (χ2n) is 6.87. The van der Waals surface area contributed by atoms with Crippen LogP contribution in [-0.4, -0.2) is 37.7 Å². The Hall–Kier alpha value is -2.78. The fraction of sp³-hybridized carbons (Fsp3) is 0.286. The minimum absolute atomic E-state index is 0.00694. The Bertz CT molecular complexity index is 1320. The first-order valence-electron chi connectivity index (χ1n) is 9.26. The predicted molar refractivity (Wildman–Crippen MR) is 115 cm³/mol. The Morgan fingerprint density at radius 3 is 2.47 bits per heavy atom. The molecule has 9 heteroatoms. The van der Waals surface area contributed by atoms with Gasteiger partial charge in [-0.15, -0.1) is 0 Å². The highest BCUT2D eigenvalue weighted by Crippen LogP contribution is 2.23. The fourth-order valence-electron chi connectivity index (χ4n) is 3.01. The van der Waals surface area contributed by atoms with Crippen LogP contribution in [0.5, 0.6) is 0 Å². The number of aryl methyl sites for hydroxylation is 2. The van der Waals surface area contributed by atoms with E-state index in [2.05, 4.69) is 4.99 Å². The molecule has 1 amide bonds. The zero-order chi connectivity index (χ0) is 22.1. The maximum Gasteiger partial charge on any atom is 0.326 e. The van der Waals surface area contributed by atoms with Crippen molar-refractivity contribution >= 4 is 43.3 Å². The van der Waals surface area contributed by atoms with E-state index in [0.29, 0.717) is 4.80 Å². The van der Waals surface area contributed by atoms with Gasteiger partial charge in [-0.25, -0.2) is 8.42 Å². The van der Waals surface area contributed by atoms with Crippen LogP contribution in [0.2, 0.25) is 0 Å². The van der Waals surface area contributed by atoms with E-state index in [9.17, 15) is 18.0 Å². The van der Waals surface area contributed by atoms with Gasteiger partial charge < -0.3 is 9.30 Å². The molecular formula is C21H22N2O5S2. The molecule has 0 aliphatic heterocycles. The van der Waals surface area contributed by atoms with Crippen LogP contribution >= 0.6 is 11.3 Å². The third-order valence-corrected chi connectivity index (χ3v) is 6.80. The second-order valence-corrected chi connectivity index (χ2v) is 9.86. The molecule has 0 unspecified atom stereocenters. The fourth-order valence-corrected chi connectivity index (χ4v) is 5.00. The molecular weight excluding hydrogens is 424 g/mol. The van der Waals surface area contributed by atoms with Crippen LogP contribution in [0, 0.1) is 13.8 Å². The largest absolute Gasteiger partial charge is 0.465 e. The monoisotopic (exact) mass is 446 g/mol. The number of carbonyl (C=O) groups excluding carboxylic acids is 2. The number of carbonyl (C=O) groups is 2. The Morgan fingerprint density at radius 2 is 1.80 bits per heavy atom. The third-order valence-electron chi connectivity index (χ3n) is 4.60. The number of hydrogen-bond acceptors (Lipinski definition) is 6. The molecule has 30 heavy (non-hydrogen) atoms. The number of nitrogens with zero attached hydrogens (tertiary/aromatic N) is 2. The smallest absolute Gasteiger partial charge is 0.326 e. The summed E-state index contributed by atoms with van der Waals surface area (Å²) in [6.07, 6.45) is 1.05. The summed E-state index contributed by atoms with van der Waals surface area (Å²) in [7, 11) is -3.60. The summed E-state index contributed by atoms with van der Waals surface area (Å²) >= 11 is 1.26. The van der Waals surface area contributed by atoms with Gasteiger partial charge in [-0.05, 0) is 56.2 Å². The number of fused-ring (bicyclic) bond motifs is 1. The van der Waals surface area contributed by atoms with Gasteiger partial charge in [0.2, 0.25) is 0 Å². The summed E-state index contributed by atoms with van der Waals surface area (Å²) in [4.78, 5) is 29.5. The number of hydrogen-bond donors (Lipinski definition) is 0. The van der Waals surface area contributed by atoms with E-state index in [1.54, 1.807) is 23.6 Å². The minimum Gasteiger partial charge on any atom is -0.465 e. The molecule has 0 saturated carbocycles. The molecule has 0 N–H and O–H groups in total. The quantitative estimate of drug-likeness (QED) is 0.562. The number of rotatable bonds is 5. The van der Waals surface area contributed by atoms with Gasteiger partial charge in [0.1, 0.15) is 6.54 Å². The van der Waals surface area contributed by atoms with Crippen LogP contribution in [-0.2, 0) is 25.9 Å². The normalized spacial score (nSPS) is 12.3. The van der Waals surface area contributed by atoms with E-state index in [4.69, 9.17) is 4.74 Å². The maximum absolute atomic E-state index is 12.9. The SMILES string of the molecule is CCOC(=O)Cn1c(=NC(=O)c2ccccc2S(C)(=O)=O)sc2cc(C)c(C)cc21. The Kier molecular flexibility index (Phi) is 6.23. The van der Waals surface area contributed by atoms with Gasteiger partial charge in [0.25, 0.3) is 5.91 Å². The van der Waals surface area contributed by atoms with Crippen molar-refractivity contribution in [1.82, 2.24) is 4.57 Å². The molecule has 0 aliphatic carbocycles. The Morgan fingerprint density at radius 1 is 1.13 bits per heavy atom. The standard InChI is InChI=1S/C21H22N2O5S2/c1-5-28-19(24)12-23-16-10-13(2)14(3)11-17(16)29-21(23)22-20(25)15-8-6-7-9-18(15)30(4,26)27/h6-11H,5,12H2,1-4H3. The summed E-state index contributed by atoms with van der Waals surface area (Å²) in [5.74, 6) is -1.13. The number of sulfone groups is 1. The molecule has 3 aromatic rings. The number of thiazole rings is 1. The molecule has 0 spiro atoms. The van der Waals surface area contributed by atoms with Crippen molar-refractivity contribution in [3.05, 3.63) is 57.9 Å². The molecule has 1 aromatic heterocycles. The van der Waals surface area contributed by atoms with Crippen molar-refractivity contribution in [3.8, 4) is 0 Å². The van der Waals surface area contributed by atoms with Gasteiger partial charge >= 0.3 is 5.97 Å². The first-order valence-corrected chi connectivity index (χ1v) is 12.0. The lowest BCUT2D eigenvalue weighted by molar-refractivity contribution is -0.143. The highest BCUT2D eigenvalue weighted by Gasteiger charge is 2.19. The highest BCUT2D eigenvalue weighted by molar-refractivity contribution is 7.90. The number of amides is 1. The average Bonchev–Trinajstić information content (AvgIpc) is 2.97. The zero-order valence-corrected chi connectivity index (χ0v) is 18.8. The van der Waals surface area contributed by atoms with E-state index in [-0.39, 0.29) is 23.6 Å². The molecule has 0 radical (unpaired) electrons. The predicted octanol–water partition coefficient (Wildman–Crippen LogP) is 3.03. The van der Waals surface area contributed by atoms with Gasteiger partial charge in [0.05, 0.1) is 27.3 Å². The van der Waals surface area contributed by atoms with Crippen molar-refractivity contribution in [1.29, 1.82) is 0 Å². The highest BCUT2D eigenvalue weighted by atomic mass is 32.2. The van der Waals surface area contributed by atoms with Crippen molar-refractivity contribution < 1.29 is 22.7 Å². The Balaban J connectivity index is 2.21. The van der Waals surface area contributed by atoms with Crippen molar-refractivity contribution in [2.45, 2.75) is 32.2 Å². The second kappa shape index (κ2) is 8.53. The van der Waals surface area contributed by atoms with Crippen LogP contribution in [0.15, 0.2) is 46.3 Å². The van der Waals surface area contributed by atoms with E-state index < -0.39 is 21.7 Å². The lowest BCUT2D eigenvalue weighted by atomic mass is 10.1. The van der Waals surface area contributed by atoms with Gasteiger partial charge in [0.15, 0.2) is 14.6 Å². The average molecular weight is 447 g/mol. The zero-order valence-electron chi connectivity index (χ0n) is 17.1. The Labute approximate surface area is 178 Å². The third kappa shape index (κ3) is 4.52. The number of ether oxygens (including phenoxy) is 1. The number of esters is 1. The first-order chi connectivity index (χ1) is 14.1. The molecule has 3 rings (SSSR count). The van der Waals surface area contributed by atoms with Gasteiger partial charge in [0, 0.05) is 6.26 Å². The molecule has 0 bridgehead atoms. The van der Waals surface area contributed by atoms with Crippen LogP contribution in [0.1, 0.15) is 28.4 Å². The molecule has 0 atom stereocenters. The summed E-state index contributed by atoms with van der Waals surface area (Å²) in [6.45, 7) is 5.81. The molecule has 158 valence electrons. The summed E-state index contributed by atoms with van der Waals surface area (Å²) in [5, 5.41) is 0. The van der Waals surface area contributed by atoms with E-state index in [1.165, 1.54) is 23.5 Å². The van der Waals surface area contributed by atoms with Gasteiger partial charge in [-0.1, -0.05) is 23.5 Å². The lowest BCUT2D eigenvalue weighted by Gasteiger charge is -2.07. The molecule has 2 aromatic carbocycles. The number of aromatic nitrogens is 1. The van der Waals surface area contributed by atoms with Crippen molar-refractivity contribution in [3.63, 3.8) is 0 Å². The van der Waals surface area contributed by atoms with E-state index >= 15 is 0 Å². The van der Waals surface area contributed by atoms with E-state index in [1.807, 2.05) is 26.0 Å². The summed E-state index contributed by atoms with van der Waals surface area (Å²) < 4.78 is 31.7. The number of benzene rings is 2. The van der Waals surface area contributed by atoms with Gasteiger partial charge in [-0.3, -0.25) is 9.59 Å². The first kappa shape index (κ1) is 21.9. The molecule has 1 heterocycles. The van der Waals surface area contributed by atoms with Crippen LogP contribution in [0.3, 0.4) is 0 Å².